The van der Waals surface area contributed by atoms with E-state index in [1.807, 2.05) is 0 Å². The first-order valence-electron chi connectivity index (χ1n) is 6.11. The molecule has 3 N–H and O–H groups in total. The van der Waals surface area contributed by atoms with Gasteiger partial charge in [0.25, 0.3) is 0 Å². The van der Waals surface area contributed by atoms with Crippen LogP contribution < -0.4 is 11.1 Å². The van der Waals surface area contributed by atoms with Crippen LogP contribution in [0, 0.1) is 0 Å². The molecule has 0 aliphatic heterocycles. The van der Waals surface area contributed by atoms with Gasteiger partial charge < -0.3 is 15.8 Å². The van der Waals surface area contributed by atoms with Crippen LogP contribution in [0.1, 0.15) is 23.6 Å². The Morgan fingerprint density at radius 3 is 2.43 bits per heavy atom. The van der Waals surface area contributed by atoms with Crippen molar-refractivity contribution in [2.24, 2.45) is 5.73 Å². The Hall–Kier alpha value is -1.51. The number of nitrogens with two attached hydrogens (primary N) is 1. The molecule has 10 heteroatoms. The summed E-state index contributed by atoms with van der Waals surface area (Å²) in [5, 5.41) is 2.20. The first kappa shape index (κ1) is 21.5. The highest BCUT2D eigenvalue weighted by Gasteiger charge is 2.32. The minimum Gasteiger partial charge on any atom is -0.469 e. The van der Waals surface area contributed by atoms with Crippen LogP contribution in [-0.2, 0) is 20.5 Å². The number of rotatable bonds is 5. The molecule has 5 nitrogen and oxygen atoms in total. The van der Waals surface area contributed by atoms with Crippen molar-refractivity contribution in [1.29, 1.82) is 0 Å². The second-order valence-electron chi connectivity index (χ2n) is 4.38. The molecule has 0 bridgehead atoms. The van der Waals surface area contributed by atoms with Gasteiger partial charge in [0, 0.05) is 5.02 Å². The summed E-state index contributed by atoms with van der Waals surface area (Å²) in [6, 6.07) is 1.78. The van der Waals surface area contributed by atoms with Gasteiger partial charge in [-0.05, 0) is 23.8 Å². The van der Waals surface area contributed by atoms with Crippen molar-refractivity contribution >= 4 is 35.9 Å². The largest absolute Gasteiger partial charge is 0.469 e. The van der Waals surface area contributed by atoms with Gasteiger partial charge in [-0.2, -0.15) is 13.2 Å². The van der Waals surface area contributed by atoms with Gasteiger partial charge in [-0.3, -0.25) is 9.59 Å². The molecule has 0 saturated heterocycles. The highest BCUT2D eigenvalue weighted by molar-refractivity contribution is 6.30. The minimum absolute atomic E-state index is 0. The number of benzene rings is 1. The Morgan fingerprint density at radius 1 is 1.35 bits per heavy atom. The van der Waals surface area contributed by atoms with E-state index < -0.39 is 29.7 Å². The van der Waals surface area contributed by atoms with Crippen LogP contribution in [0.4, 0.5) is 13.2 Å². The normalized spacial score (nSPS) is 12.1. The minimum atomic E-state index is -4.60. The number of esters is 1. The molecule has 1 aromatic carbocycles. The zero-order chi connectivity index (χ0) is 16.9. The SMILES string of the molecule is COC(=O)C[C@H](NC(=O)CN)c1cc(Cl)cc(C(F)(F)F)c1.Cl. The van der Waals surface area contributed by atoms with Gasteiger partial charge in [0.1, 0.15) is 0 Å². The molecule has 0 unspecified atom stereocenters. The molecule has 1 amide bonds. The molecule has 0 aliphatic carbocycles. The molecule has 130 valence electrons. The van der Waals surface area contributed by atoms with E-state index in [0.29, 0.717) is 0 Å². The third kappa shape index (κ3) is 6.64. The van der Waals surface area contributed by atoms with Crippen LogP contribution in [0.5, 0.6) is 0 Å². The zero-order valence-corrected chi connectivity index (χ0v) is 13.5. The smallest absolute Gasteiger partial charge is 0.416 e. The van der Waals surface area contributed by atoms with E-state index in [9.17, 15) is 22.8 Å². The van der Waals surface area contributed by atoms with Crippen LogP contribution >= 0.6 is 24.0 Å². The molecule has 0 aromatic heterocycles. The Morgan fingerprint density at radius 2 is 1.96 bits per heavy atom. The number of carbonyl (C=O) groups is 2. The van der Waals surface area contributed by atoms with Crippen LogP contribution in [0.3, 0.4) is 0 Å². The molecule has 0 radical (unpaired) electrons. The number of halogens is 5. The number of alkyl halides is 3. The third-order valence-electron chi connectivity index (χ3n) is 2.77. The van der Waals surface area contributed by atoms with Gasteiger partial charge in [-0.1, -0.05) is 11.6 Å². The summed E-state index contributed by atoms with van der Waals surface area (Å²) in [7, 11) is 1.13. The lowest BCUT2D eigenvalue weighted by molar-refractivity contribution is -0.141. The Kier molecular flexibility index (Phi) is 8.36. The maximum atomic E-state index is 12.8. The van der Waals surface area contributed by atoms with Gasteiger partial charge in [-0.25, -0.2) is 0 Å². The van der Waals surface area contributed by atoms with Crippen LogP contribution in [0.2, 0.25) is 5.02 Å². The van der Waals surface area contributed by atoms with Crippen molar-refractivity contribution in [2.45, 2.75) is 18.6 Å². The number of carbonyl (C=O) groups excluding carboxylic acids is 2. The first-order chi connectivity index (χ1) is 10.2. The van der Waals surface area contributed by atoms with E-state index in [2.05, 4.69) is 10.1 Å². The molecule has 0 fully saturated rings. The van der Waals surface area contributed by atoms with E-state index in [-0.39, 0.29) is 36.0 Å². The molecule has 0 aliphatic rings. The van der Waals surface area contributed by atoms with Gasteiger partial charge in [0.2, 0.25) is 5.91 Å². The lowest BCUT2D eigenvalue weighted by atomic mass is 10.0. The third-order valence-corrected chi connectivity index (χ3v) is 2.99. The van der Waals surface area contributed by atoms with Gasteiger partial charge in [0.05, 0.1) is 31.7 Å². The number of nitrogens with one attached hydrogen (secondary N) is 1. The summed E-state index contributed by atoms with van der Waals surface area (Å²) in [4.78, 5) is 22.8. The summed E-state index contributed by atoms with van der Waals surface area (Å²) in [5.74, 6) is -1.32. The van der Waals surface area contributed by atoms with Crippen molar-refractivity contribution in [3.63, 3.8) is 0 Å². The van der Waals surface area contributed by atoms with Crippen molar-refractivity contribution in [2.75, 3.05) is 13.7 Å². The lowest BCUT2D eigenvalue weighted by Gasteiger charge is -2.19. The monoisotopic (exact) mass is 374 g/mol. The predicted octanol–water partition coefficient (Wildman–Crippen LogP) is 2.46. The Bertz CT molecular complexity index is 550. The fourth-order valence-corrected chi connectivity index (χ4v) is 1.98. The number of hydrogen-bond donors (Lipinski definition) is 2. The fraction of sp³-hybridized carbons (Fsp3) is 0.385. The quantitative estimate of drug-likeness (QED) is 0.775. The standard InChI is InChI=1S/C13H14ClF3N2O3.ClH/c1-22-12(21)5-10(19-11(20)6-18)7-2-8(13(15,16)17)4-9(14)3-7;/h2-4,10H,5-6,18H2,1H3,(H,19,20);1H/t10-;/m0./s1. The van der Waals surface area contributed by atoms with Crippen molar-refractivity contribution in [1.82, 2.24) is 5.32 Å². The van der Waals surface area contributed by atoms with Crippen LogP contribution in [-0.4, -0.2) is 25.5 Å². The topological polar surface area (TPSA) is 81.4 Å². The second kappa shape index (κ2) is 8.95. The molecule has 0 heterocycles. The number of amides is 1. The predicted molar refractivity (Wildman–Crippen MR) is 80.3 cm³/mol. The van der Waals surface area contributed by atoms with Gasteiger partial charge in [-0.15, -0.1) is 12.4 Å². The van der Waals surface area contributed by atoms with Crippen molar-refractivity contribution in [3.8, 4) is 0 Å². The maximum Gasteiger partial charge on any atom is 0.416 e. The second-order valence-corrected chi connectivity index (χ2v) is 4.81. The summed E-state index contributed by atoms with van der Waals surface area (Å²) >= 11 is 5.69. The first-order valence-corrected chi connectivity index (χ1v) is 6.49. The zero-order valence-electron chi connectivity index (χ0n) is 11.9. The van der Waals surface area contributed by atoms with E-state index in [0.717, 1.165) is 19.2 Å². The summed E-state index contributed by atoms with van der Waals surface area (Å²) in [6.45, 7) is -0.371. The number of ether oxygens (including phenoxy) is 1. The molecule has 1 atom stereocenters. The van der Waals surface area contributed by atoms with E-state index in [4.69, 9.17) is 17.3 Å². The van der Waals surface area contributed by atoms with E-state index in [1.54, 1.807) is 0 Å². The highest BCUT2D eigenvalue weighted by atomic mass is 35.5. The summed E-state index contributed by atoms with van der Waals surface area (Å²) < 4.78 is 42.9. The van der Waals surface area contributed by atoms with Crippen LogP contribution in [0.15, 0.2) is 18.2 Å². The van der Waals surface area contributed by atoms with Crippen molar-refractivity contribution in [3.05, 3.63) is 34.3 Å². The average Bonchev–Trinajstić information content (AvgIpc) is 2.44. The molecule has 1 aromatic rings. The van der Waals surface area contributed by atoms with E-state index in [1.165, 1.54) is 6.07 Å². The van der Waals surface area contributed by atoms with Gasteiger partial charge in [0.15, 0.2) is 0 Å². The Balaban J connectivity index is 0.00000484. The fourth-order valence-electron chi connectivity index (χ4n) is 1.73. The summed E-state index contributed by atoms with van der Waals surface area (Å²) in [6.07, 6.45) is -4.95. The number of hydrogen-bond acceptors (Lipinski definition) is 4. The van der Waals surface area contributed by atoms with Crippen LogP contribution in [0.25, 0.3) is 0 Å². The summed E-state index contributed by atoms with van der Waals surface area (Å²) in [5.41, 5.74) is 4.21. The molecule has 1 rings (SSSR count). The van der Waals surface area contributed by atoms with Gasteiger partial charge >= 0.3 is 12.1 Å². The van der Waals surface area contributed by atoms with E-state index >= 15 is 0 Å². The number of methoxy groups -OCH3 is 1. The molecule has 23 heavy (non-hydrogen) atoms. The molecule has 0 spiro atoms. The molecular formula is C13H15Cl2F3N2O3. The molecular weight excluding hydrogens is 360 g/mol. The molecule has 0 saturated carbocycles. The average molecular weight is 375 g/mol. The lowest BCUT2D eigenvalue weighted by Crippen LogP contribution is -2.35. The van der Waals surface area contributed by atoms with Crippen molar-refractivity contribution < 1.29 is 27.5 Å². The maximum absolute atomic E-state index is 12.8. The Labute approximate surface area is 141 Å². The highest BCUT2D eigenvalue weighted by Crippen LogP contribution is 2.33.